The molecule has 1 aromatic heterocycles. The van der Waals surface area contributed by atoms with Crippen LogP contribution in [-0.2, 0) is 12.8 Å². The van der Waals surface area contributed by atoms with E-state index in [1.54, 1.807) is 6.07 Å². The van der Waals surface area contributed by atoms with Gasteiger partial charge in [-0.1, -0.05) is 42.6 Å². The van der Waals surface area contributed by atoms with Gasteiger partial charge in [-0.15, -0.1) is 0 Å². The number of anilines is 1. The highest BCUT2D eigenvalue weighted by Crippen LogP contribution is 2.23. The van der Waals surface area contributed by atoms with Crippen LogP contribution in [-0.4, -0.2) is 17.0 Å². The van der Waals surface area contributed by atoms with Crippen molar-refractivity contribution >= 4 is 29.0 Å². The fourth-order valence-electron chi connectivity index (χ4n) is 1.98. The minimum Gasteiger partial charge on any atom is -0.373 e. The van der Waals surface area contributed by atoms with E-state index in [4.69, 9.17) is 23.2 Å². The van der Waals surface area contributed by atoms with Crippen molar-refractivity contribution in [1.82, 2.24) is 9.97 Å². The maximum absolute atomic E-state index is 6.03. The van der Waals surface area contributed by atoms with Crippen LogP contribution in [0.15, 0.2) is 24.3 Å². The molecule has 0 spiro atoms. The monoisotopic (exact) mass is 309 g/mol. The number of rotatable bonds is 5. The van der Waals surface area contributed by atoms with Gasteiger partial charge in [-0.25, -0.2) is 9.97 Å². The lowest BCUT2D eigenvalue weighted by atomic mass is 10.1. The Kier molecular flexibility index (Phi) is 5.21. The molecule has 106 valence electrons. The van der Waals surface area contributed by atoms with Crippen molar-refractivity contribution < 1.29 is 0 Å². The van der Waals surface area contributed by atoms with E-state index in [-0.39, 0.29) is 0 Å². The summed E-state index contributed by atoms with van der Waals surface area (Å²) in [7, 11) is 1.86. The molecule has 0 aliphatic carbocycles. The van der Waals surface area contributed by atoms with E-state index in [2.05, 4.69) is 22.2 Å². The molecule has 20 heavy (non-hydrogen) atoms. The first kappa shape index (κ1) is 15.1. The van der Waals surface area contributed by atoms with Gasteiger partial charge in [0.15, 0.2) is 0 Å². The van der Waals surface area contributed by atoms with Crippen LogP contribution < -0.4 is 5.32 Å². The summed E-state index contributed by atoms with van der Waals surface area (Å²) in [5.41, 5.74) is 2.11. The SMILES string of the molecule is CCCc1cc(NC)nc(Cc2ccc(Cl)c(Cl)c2)n1. The fraction of sp³-hybridized carbons (Fsp3) is 0.333. The summed E-state index contributed by atoms with van der Waals surface area (Å²) in [5, 5.41) is 4.19. The lowest BCUT2D eigenvalue weighted by molar-refractivity contribution is 0.843. The standard InChI is InChI=1S/C15H17Cl2N3/c1-3-4-11-9-14(18-2)20-15(19-11)8-10-5-6-12(16)13(17)7-10/h5-7,9H,3-4,8H2,1-2H3,(H,18,19,20). The van der Waals surface area contributed by atoms with Crippen LogP contribution in [0.3, 0.4) is 0 Å². The molecule has 1 heterocycles. The summed E-state index contributed by atoms with van der Waals surface area (Å²) in [5.74, 6) is 1.64. The average Bonchev–Trinajstić information content (AvgIpc) is 2.43. The Morgan fingerprint density at radius 3 is 2.55 bits per heavy atom. The van der Waals surface area contributed by atoms with Crippen molar-refractivity contribution in [3.8, 4) is 0 Å². The van der Waals surface area contributed by atoms with Gasteiger partial charge >= 0.3 is 0 Å². The number of hydrogen-bond donors (Lipinski definition) is 1. The Bertz CT molecular complexity index is 600. The largest absolute Gasteiger partial charge is 0.373 e. The van der Waals surface area contributed by atoms with Crippen molar-refractivity contribution in [2.75, 3.05) is 12.4 Å². The minimum absolute atomic E-state index is 0.558. The zero-order valence-corrected chi connectivity index (χ0v) is 13.1. The van der Waals surface area contributed by atoms with Crippen LogP contribution in [0, 0.1) is 0 Å². The van der Waals surface area contributed by atoms with Crippen molar-refractivity contribution in [2.45, 2.75) is 26.2 Å². The Hall–Kier alpha value is -1.32. The smallest absolute Gasteiger partial charge is 0.135 e. The van der Waals surface area contributed by atoms with Gasteiger partial charge < -0.3 is 5.32 Å². The molecule has 3 nitrogen and oxygen atoms in total. The summed E-state index contributed by atoms with van der Waals surface area (Å²) in [4.78, 5) is 9.07. The van der Waals surface area contributed by atoms with Crippen molar-refractivity contribution in [2.24, 2.45) is 0 Å². The van der Waals surface area contributed by atoms with Crippen molar-refractivity contribution in [3.63, 3.8) is 0 Å². The summed E-state index contributed by atoms with van der Waals surface area (Å²) >= 11 is 12.0. The molecule has 0 saturated carbocycles. The van der Waals surface area contributed by atoms with Crippen molar-refractivity contribution in [1.29, 1.82) is 0 Å². The lowest BCUT2D eigenvalue weighted by Gasteiger charge is -2.08. The number of aryl methyl sites for hydroxylation is 1. The van der Waals surface area contributed by atoms with Crippen LogP contribution in [0.25, 0.3) is 0 Å². The van der Waals surface area contributed by atoms with Gasteiger partial charge in [-0.05, 0) is 24.1 Å². The number of nitrogens with zero attached hydrogens (tertiary/aromatic N) is 2. The van der Waals surface area contributed by atoms with Crippen LogP contribution in [0.4, 0.5) is 5.82 Å². The first-order chi connectivity index (χ1) is 9.62. The number of benzene rings is 1. The van der Waals surface area contributed by atoms with Gasteiger partial charge in [-0.3, -0.25) is 0 Å². The molecule has 2 aromatic rings. The third-order valence-electron chi connectivity index (χ3n) is 2.93. The molecular formula is C15H17Cl2N3. The highest BCUT2D eigenvalue weighted by molar-refractivity contribution is 6.42. The molecule has 0 radical (unpaired) electrons. The number of nitrogens with one attached hydrogen (secondary N) is 1. The highest BCUT2D eigenvalue weighted by atomic mass is 35.5. The van der Waals surface area contributed by atoms with E-state index in [1.165, 1.54) is 0 Å². The molecule has 0 fully saturated rings. The molecule has 1 aromatic carbocycles. The second-order valence-electron chi connectivity index (χ2n) is 4.59. The van der Waals surface area contributed by atoms with Gasteiger partial charge in [0, 0.05) is 25.2 Å². The predicted octanol–water partition coefficient (Wildman–Crippen LogP) is 4.37. The Labute approximate surface area is 129 Å². The average molecular weight is 310 g/mol. The van der Waals surface area contributed by atoms with Gasteiger partial charge in [0.1, 0.15) is 11.6 Å². The molecule has 0 aliphatic rings. The lowest BCUT2D eigenvalue weighted by Crippen LogP contribution is -2.04. The number of hydrogen-bond acceptors (Lipinski definition) is 3. The van der Waals surface area contributed by atoms with Gasteiger partial charge in [0.25, 0.3) is 0 Å². The van der Waals surface area contributed by atoms with E-state index in [9.17, 15) is 0 Å². The minimum atomic E-state index is 0.558. The molecule has 0 saturated heterocycles. The van der Waals surface area contributed by atoms with E-state index >= 15 is 0 Å². The number of halogens is 2. The summed E-state index contributed by atoms with van der Waals surface area (Å²) in [6.45, 7) is 2.14. The molecular weight excluding hydrogens is 293 g/mol. The summed E-state index contributed by atoms with van der Waals surface area (Å²) in [6.07, 6.45) is 2.65. The van der Waals surface area contributed by atoms with E-state index < -0.39 is 0 Å². The van der Waals surface area contributed by atoms with Crippen LogP contribution in [0.1, 0.15) is 30.4 Å². The summed E-state index contributed by atoms with van der Waals surface area (Å²) in [6, 6.07) is 7.60. The zero-order chi connectivity index (χ0) is 14.5. The Morgan fingerprint density at radius 2 is 1.90 bits per heavy atom. The quantitative estimate of drug-likeness (QED) is 0.891. The van der Waals surface area contributed by atoms with E-state index in [0.29, 0.717) is 16.5 Å². The molecule has 2 rings (SSSR count). The Morgan fingerprint density at radius 1 is 1.10 bits per heavy atom. The van der Waals surface area contributed by atoms with Gasteiger partial charge in [0.05, 0.1) is 10.0 Å². The first-order valence-corrected chi connectivity index (χ1v) is 7.36. The van der Waals surface area contributed by atoms with E-state index in [0.717, 1.165) is 35.7 Å². The third-order valence-corrected chi connectivity index (χ3v) is 3.67. The summed E-state index contributed by atoms with van der Waals surface area (Å²) < 4.78 is 0. The van der Waals surface area contributed by atoms with E-state index in [1.807, 2.05) is 25.2 Å². The highest BCUT2D eigenvalue weighted by Gasteiger charge is 2.06. The third kappa shape index (κ3) is 3.84. The predicted molar refractivity (Wildman–Crippen MR) is 84.8 cm³/mol. The maximum Gasteiger partial charge on any atom is 0.135 e. The zero-order valence-electron chi connectivity index (χ0n) is 11.6. The molecule has 0 aliphatic heterocycles. The molecule has 1 N–H and O–H groups in total. The molecule has 5 heteroatoms. The topological polar surface area (TPSA) is 37.8 Å². The van der Waals surface area contributed by atoms with Crippen LogP contribution in [0.5, 0.6) is 0 Å². The first-order valence-electron chi connectivity index (χ1n) is 6.61. The molecule has 0 atom stereocenters. The fourth-order valence-corrected chi connectivity index (χ4v) is 2.30. The maximum atomic E-state index is 6.03. The molecule has 0 amide bonds. The van der Waals surface area contributed by atoms with Crippen molar-refractivity contribution in [3.05, 3.63) is 51.4 Å². The second-order valence-corrected chi connectivity index (χ2v) is 5.40. The van der Waals surface area contributed by atoms with Crippen LogP contribution >= 0.6 is 23.2 Å². The number of aromatic nitrogens is 2. The van der Waals surface area contributed by atoms with Gasteiger partial charge in [-0.2, -0.15) is 0 Å². The molecule has 0 bridgehead atoms. The van der Waals surface area contributed by atoms with Crippen LogP contribution in [0.2, 0.25) is 10.0 Å². The molecule has 0 unspecified atom stereocenters. The second kappa shape index (κ2) is 6.91. The normalized spacial score (nSPS) is 10.6. The van der Waals surface area contributed by atoms with Gasteiger partial charge in [0.2, 0.25) is 0 Å². The Balaban J connectivity index is 2.27.